The summed E-state index contributed by atoms with van der Waals surface area (Å²) in [5.41, 5.74) is 1.84. The molecule has 8 heteroatoms. The molecule has 0 saturated carbocycles. The molecule has 1 saturated heterocycles. The van der Waals surface area contributed by atoms with E-state index in [2.05, 4.69) is 10.4 Å². The molecule has 0 unspecified atom stereocenters. The zero-order valence-corrected chi connectivity index (χ0v) is 15.9. The number of aromatic carboxylic acids is 1. The Morgan fingerprint density at radius 2 is 2.00 bits per heavy atom. The zero-order chi connectivity index (χ0) is 20.1. The van der Waals surface area contributed by atoms with Gasteiger partial charge in [-0.05, 0) is 38.0 Å². The zero-order valence-electron chi connectivity index (χ0n) is 15.9. The summed E-state index contributed by atoms with van der Waals surface area (Å²) in [6.07, 6.45) is 5.73. The Kier molecular flexibility index (Phi) is 6.08. The highest BCUT2D eigenvalue weighted by molar-refractivity contribution is 5.94. The fourth-order valence-electron chi connectivity index (χ4n) is 3.35. The van der Waals surface area contributed by atoms with Crippen LogP contribution in [0, 0.1) is 6.92 Å². The van der Waals surface area contributed by atoms with Gasteiger partial charge < -0.3 is 15.3 Å². The molecule has 0 spiro atoms. The average molecular weight is 384 g/mol. The lowest BCUT2D eigenvalue weighted by Crippen LogP contribution is -2.39. The van der Waals surface area contributed by atoms with E-state index in [9.17, 15) is 19.5 Å². The number of carbonyl (C=O) groups is 3. The van der Waals surface area contributed by atoms with Gasteiger partial charge in [0, 0.05) is 18.7 Å². The molecule has 2 heterocycles. The number of carboxylic acids is 1. The third-order valence-electron chi connectivity index (χ3n) is 4.87. The first kappa shape index (κ1) is 19.6. The van der Waals surface area contributed by atoms with Gasteiger partial charge in [-0.15, -0.1) is 0 Å². The van der Waals surface area contributed by atoms with Crippen molar-refractivity contribution >= 4 is 23.5 Å². The molecule has 148 valence electrons. The molecule has 0 bridgehead atoms. The first-order chi connectivity index (χ1) is 13.5. The van der Waals surface area contributed by atoms with E-state index in [0.717, 1.165) is 25.7 Å². The van der Waals surface area contributed by atoms with E-state index in [4.69, 9.17) is 0 Å². The normalized spacial score (nSPS) is 15.0. The quantitative estimate of drug-likeness (QED) is 0.824. The van der Waals surface area contributed by atoms with Gasteiger partial charge in [-0.2, -0.15) is 5.10 Å². The van der Waals surface area contributed by atoms with Crippen molar-refractivity contribution in [1.29, 1.82) is 0 Å². The van der Waals surface area contributed by atoms with Crippen molar-refractivity contribution in [3.63, 3.8) is 0 Å². The summed E-state index contributed by atoms with van der Waals surface area (Å²) in [6.45, 7) is 2.32. The van der Waals surface area contributed by atoms with Crippen molar-refractivity contribution < 1.29 is 19.5 Å². The monoisotopic (exact) mass is 384 g/mol. The number of carbonyl (C=O) groups excluding carboxylic acids is 2. The van der Waals surface area contributed by atoms with E-state index in [1.54, 1.807) is 36.1 Å². The molecule has 1 aromatic carbocycles. The van der Waals surface area contributed by atoms with Crippen molar-refractivity contribution in [3.05, 3.63) is 41.7 Å². The number of benzene rings is 1. The average Bonchev–Trinajstić information content (AvgIpc) is 3.03. The maximum absolute atomic E-state index is 12.4. The molecular formula is C20H24N4O4. The fourth-order valence-corrected chi connectivity index (χ4v) is 3.35. The molecule has 3 rings (SSSR count). The third kappa shape index (κ3) is 4.57. The predicted molar refractivity (Wildman–Crippen MR) is 104 cm³/mol. The van der Waals surface area contributed by atoms with Gasteiger partial charge in [0.05, 0.1) is 24.1 Å². The maximum Gasteiger partial charge on any atom is 0.339 e. The van der Waals surface area contributed by atoms with Gasteiger partial charge in [-0.3, -0.25) is 9.59 Å². The molecule has 1 aliphatic rings. The number of rotatable bonds is 5. The van der Waals surface area contributed by atoms with Crippen molar-refractivity contribution in [1.82, 2.24) is 14.7 Å². The van der Waals surface area contributed by atoms with Crippen LogP contribution in [0.15, 0.2) is 30.5 Å². The highest BCUT2D eigenvalue weighted by Gasteiger charge is 2.19. The maximum atomic E-state index is 12.4. The van der Waals surface area contributed by atoms with Crippen molar-refractivity contribution in [2.24, 2.45) is 0 Å². The summed E-state index contributed by atoms with van der Waals surface area (Å²) in [5, 5.41) is 16.1. The predicted octanol–water partition coefficient (Wildman–Crippen LogP) is 2.61. The van der Waals surface area contributed by atoms with Crippen molar-refractivity contribution in [3.8, 4) is 5.69 Å². The Morgan fingerprint density at radius 3 is 2.75 bits per heavy atom. The summed E-state index contributed by atoms with van der Waals surface area (Å²) in [5.74, 6) is -1.27. The van der Waals surface area contributed by atoms with Gasteiger partial charge in [0.2, 0.25) is 11.8 Å². The molecule has 1 aromatic heterocycles. The summed E-state index contributed by atoms with van der Waals surface area (Å²) >= 11 is 0. The van der Waals surface area contributed by atoms with Crippen LogP contribution in [0.1, 0.15) is 48.2 Å². The van der Waals surface area contributed by atoms with E-state index in [1.165, 1.54) is 10.9 Å². The van der Waals surface area contributed by atoms with Gasteiger partial charge >= 0.3 is 5.97 Å². The highest BCUT2D eigenvalue weighted by atomic mass is 16.4. The number of nitrogens with zero attached hydrogens (tertiary/aromatic N) is 3. The van der Waals surface area contributed by atoms with Crippen LogP contribution < -0.4 is 5.32 Å². The van der Waals surface area contributed by atoms with Crippen molar-refractivity contribution in [2.75, 3.05) is 18.4 Å². The molecule has 28 heavy (non-hydrogen) atoms. The van der Waals surface area contributed by atoms with E-state index in [-0.39, 0.29) is 23.9 Å². The number of hydrogen-bond donors (Lipinski definition) is 2. The van der Waals surface area contributed by atoms with Crippen LogP contribution in [-0.4, -0.2) is 50.7 Å². The molecule has 0 atom stereocenters. The Bertz CT molecular complexity index is 890. The lowest BCUT2D eigenvalue weighted by molar-refractivity contribution is -0.135. The van der Waals surface area contributed by atoms with Gasteiger partial charge in [0.25, 0.3) is 0 Å². The Balaban J connectivity index is 1.69. The molecule has 2 amide bonds. The highest BCUT2D eigenvalue weighted by Crippen LogP contribution is 2.18. The summed E-state index contributed by atoms with van der Waals surface area (Å²) < 4.78 is 1.51. The van der Waals surface area contributed by atoms with Crippen LogP contribution in [0.4, 0.5) is 5.69 Å². The van der Waals surface area contributed by atoms with E-state index in [1.807, 2.05) is 0 Å². The first-order valence-electron chi connectivity index (χ1n) is 9.41. The van der Waals surface area contributed by atoms with Crippen LogP contribution in [-0.2, 0) is 9.59 Å². The minimum Gasteiger partial charge on any atom is -0.478 e. The molecule has 0 radical (unpaired) electrons. The van der Waals surface area contributed by atoms with Gasteiger partial charge in [-0.25, -0.2) is 9.48 Å². The lowest BCUT2D eigenvalue weighted by atomic mass is 10.1. The molecule has 1 fully saturated rings. The second kappa shape index (κ2) is 8.69. The topological polar surface area (TPSA) is 105 Å². The Hall–Kier alpha value is -3.16. The Labute approximate surface area is 163 Å². The molecule has 1 aliphatic heterocycles. The number of carboxylic acid groups (broad SMARTS) is 1. The number of nitrogens with one attached hydrogen (secondary N) is 1. The molecule has 0 aliphatic carbocycles. The SMILES string of the molecule is Cc1c(C(=O)O)cnn1-c1cccc(NC(=O)CN2CCCCCCC2=O)c1. The van der Waals surface area contributed by atoms with Crippen LogP contribution in [0.2, 0.25) is 0 Å². The second-order valence-corrected chi connectivity index (χ2v) is 6.94. The van der Waals surface area contributed by atoms with Crippen LogP contribution in [0.3, 0.4) is 0 Å². The number of hydrogen-bond acceptors (Lipinski definition) is 4. The van der Waals surface area contributed by atoms with Gasteiger partial charge in [0.15, 0.2) is 0 Å². The smallest absolute Gasteiger partial charge is 0.339 e. The largest absolute Gasteiger partial charge is 0.478 e. The first-order valence-corrected chi connectivity index (χ1v) is 9.41. The molecular weight excluding hydrogens is 360 g/mol. The molecule has 8 nitrogen and oxygen atoms in total. The van der Waals surface area contributed by atoms with Crippen molar-refractivity contribution in [2.45, 2.75) is 39.0 Å². The number of aromatic nitrogens is 2. The van der Waals surface area contributed by atoms with Crippen LogP contribution in [0.5, 0.6) is 0 Å². The Morgan fingerprint density at radius 1 is 1.21 bits per heavy atom. The van der Waals surface area contributed by atoms with Gasteiger partial charge in [0.1, 0.15) is 5.56 Å². The van der Waals surface area contributed by atoms with E-state index >= 15 is 0 Å². The fraction of sp³-hybridized carbons (Fsp3) is 0.400. The number of anilines is 1. The van der Waals surface area contributed by atoms with Crippen LogP contribution >= 0.6 is 0 Å². The van der Waals surface area contributed by atoms with Gasteiger partial charge in [-0.1, -0.05) is 18.9 Å². The summed E-state index contributed by atoms with van der Waals surface area (Å²) in [4.78, 5) is 37.4. The molecule has 2 aromatic rings. The van der Waals surface area contributed by atoms with E-state index in [0.29, 0.717) is 30.0 Å². The standard InChI is InChI=1S/C20H24N4O4/c1-14-17(20(27)28)12-21-24(14)16-8-6-7-15(11-16)22-18(25)13-23-10-5-3-2-4-9-19(23)26/h6-8,11-12H,2-5,9-10,13H2,1H3,(H,22,25)(H,27,28). The lowest BCUT2D eigenvalue weighted by Gasteiger charge is -2.24. The van der Waals surface area contributed by atoms with Crippen LogP contribution in [0.25, 0.3) is 5.69 Å². The number of likely N-dealkylation sites (tertiary alicyclic amines) is 1. The summed E-state index contributed by atoms with van der Waals surface area (Å²) in [7, 11) is 0. The van der Waals surface area contributed by atoms with E-state index < -0.39 is 5.97 Å². The minimum atomic E-state index is -1.04. The number of amides is 2. The summed E-state index contributed by atoms with van der Waals surface area (Å²) in [6, 6.07) is 7.00. The molecule has 2 N–H and O–H groups in total. The second-order valence-electron chi connectivity index (χ2n) is 6.94. The third-order valence-corrected chi connectivity index (χ3v) is 4.87. The minimum absolute atomic E-state index is 0.0250.